The fraction of sp³-hybridized carbons (Fsp3) is 0.250. The Kier molecular flexibility index (Phi) is 3.19. The molecule has 4 heteroatoms. The molecule has 16 heavy (non-hydrogen) atoms. The number of carbonyl (C=O) groups is 1. The van der Waals surface area contributed by atoms with Crippen molar-refractivity contribution in [2.75, 3.05) is 6.61 Å². The van der Waals surface area contributed by atoms with Crippen LogP contribution in [0, 0.1) is 0 Å². The van der Waals surface area contributed by atoms with Crippen molar-refractivity contribution < 1.29 is 9.53 Å². The second-order valence-electron chi connectivity index (χ2n) is 3.45. The summed E-state index contributed by atoms with van der Waals surface area (Å²) in [7, 11) is 0. The van der Waals surface area contributed by atoms with Crippen molar-refractivity contribution >= 4 is 17.7 Å². The van der Waals surface area contributed by atoms with Gasteiger partial charge in [-0.3, -0.25) is 0 Å². The number of hydrogen-bond donors (Lipinski definition) is 1. The van der Waals surface area contributed by atoms with E-state index in [4.69, 9.17) is 10.5 Å². The molecule has 0 fully saturated rings. The third-order valence-corrected chi connectivity index (χ3v) is 3.46. The van der Waals surface area contributed by atoms with Crippen molar-refractivity contribution in [3.8, 4) is 0 Å². The number of thioether (sulfide) groups is 1. The average Bonchev–Trinajstić information content (AvgIpc) is 2.28. The summed E-state index contributed by atoms with van der Waals surface area (Å²) in [5.74, 6) is -0.304. The van der Waals surface area contributed by atoms with Gasteiger partial charge in [-0.15, -0.1) is 0 Å². The van der Waals surface area contributed by atoms with E-state index in [1.165, 1.54) is 11.8 Å². The molecular weight excluding hydrogens is 222 g/mol. The minimum Gasteiger partial charge on any atom is -0.463 e. The van der Waals surface area contributed by atoms with E-state index in [-0.39, 0.29) is 5.97 Å². The summed E-state index contributed by atoms with van der Waals surface area (Å²) >= 11 is 1.43. The van der Waals surface area contributed by atoms with Crippen molar-refractivity contribution in [1.82, 2.24) is 0 Å². The fourth-order valence-electron chi connectivity index (χ4n) is 1.60. The van der Waals surface area contributed by atoms with Crippen LogP contribution in [-0.4, -0.2) is 12.6 Å². The van der Waals surface area contributed by atoms with Gasteiger partial charge in [0.1, 0.15) is 0 Å². The summed E-state index contributed by atoms with van der Waals surface area (Å²) in [6.45, 7) is 2.17. The average molecular weight is 235 g/mol. The van der Waals surface area contributed by atoms with E-state index in [1.807, 2.05) is 24.3 Å². The Morgan fingerprint density at radius 1 is 1.50 bits per heavy atom. The van der Waals surface area contributed by atoms with Crippen LogP contribution in [0.4, 0.5) is 0 Å². The standard InChI is InChI=1S/C12H13NO2S/c1-2-15-12(14)9-7-8-5-3-4-6-10(8)16-11(9)13/h3-6H,2,7,13H2,1H3. The van der Waals surface area contributed by atoms with Crippen LogP contribution in [-0.2, 0) is 16.0 Å². The van der Waals surface area contributed by atoms with Gasteiger partial charge in [-0.1, -0.05) is 30.0 Å². The molecule has 0 aromatic heterocycles. The van der Waals surface area contributed by atoms with E-state index in [0.29, 0.717) is 23.6 Å². The molecule has 1 aromatic carbocycles. The number of nitrogens with two attached hydrogens (primary N) is 1. The summed E-state index contributed by atoms with van der Waals surface area (Å²) in [6, 6.07) is 7.95. The molecule has 2 N–H and O–H groups in total. The van der Waals surface area contributed by atoms with Crippen LogP contribution in [0.2, 0.25) is 0 Å². The number of carbonyl (C=O) groups excluding carboxylic acids is 1. The molecule has 0 bridgehead atoms. The van der Waals surface area contributed by atoms with Gasteiger partial charge in [-0.25, -0.2) is 4.79 Å². The molecule has 2 rings (SSSR count). The lowest BCUT2D eigenvalue weighted by atomic mass is 10.1. The van der Waals surface area contributed by atoms with E-state index >= 15 is 0 Å². The third kappa shape index (κ3) is 2.07. The van der Waals surface area contributed by atoms with Gasteiger partial charge in [0.15, 0.2) is 0 Å². The summed E-state index contributed by atoms with van der Waals surface area (Å²) in [5.41, 5.74) is 7.57. The van der Waals surface area contributed by atoms with Crippen LogP contribution in [0.5, 0.6) is 0 Å². The van der Waals surface area contributed by atoms with Crippen LogP contribution >= 0.6 is 11.8 Å². The molecule has 1 aromatic rings. The number of fused-ring (bicyclic) bond motifs is 1. The lowest BCUT2D eigenvalue weighted by Crippen LogP contribution is -2.17. The molecule has 1 aliphatic rings. The monoisotopic (exact) mass is 235 g/mol. The first-order chi connectivity index (χ1) is 7.72. The zero-order valence-electron chi connectivity index (χ0n) is 9.03. The molecular formula is C12H13NO2S. The SMILES string of the molecule is CCOC(=O)C1=C(N)Sc2ccccc2C1. The van der Waals surface area contributed by atoms with Gasteiger partial charge in [0.05, 0.1) is 17.2 Å². The summed E-state index contributed by atoms with van der Waals surface area (Å²) < 4.78 is 4.98. The summed E-state index contributed by atoms with van der Waals surface area (Å²) in [4.78, 5) is 12.8. The fourth-order valence-corrected chi connectivity index (χ4v) is 2.53. The molecule has 1 heterocycles. The smallest absolute Gasteiger partial charge is 0.336 e. The van der Waals surface area contributed by atoms with E-state index in [2.05, 4.69) is 0 Å². The maximum Gasteiger partial charge on any atom is 0.336 e. The Morgan fingerprint density at radius 3 is 3.00 bits per heavy atom. The van der Waals surface area contributed by atoms with Crippen molar-refractivity contribution in [3.05, 3.63) is 40.4 Å². The maximum absolute atomic E-state index is 11.6. The number of benzene rings is 1. The lowest BCUT2D eigenvalue weighted by Gasteiger charge is -2.18. The highest BCUT2D eigenvalue weighted by Crippen LogP contribution is 2.35. The van der Waals surface area contributed by atoms with Gasteiger partial charge in [0.25, 0.3) is 0 Å². The van der Waals surface area contributed by atoms with Crippen LogP contribution in [0.15, 0.2) is 39.8 Å². The number of rotatable bonds is 2. The van der Waals surface area contributed by atoms with Gasteiger partial charge >= 0.3 is 5.97 Å². The highest BCUT2D eigenvalue weighted by molar-refractivity contribution is 8.03. The van der Waals surface area contributed by atoms with Gasteiger partial charge in [-0.2, -0.15) is 0 Å². The molecule has 1 aliphatic heterocycles. The van der Waals surface area contributed by atoms with E-state index in [9.17, 15) is 4.79 Å². The van der Waals surface area contributed by atoms with Crippen molar-refractivity contribution in [1.29, 1.82) is 0 Å². The van der Waals surface area contributed by atoms with Gasteiger partial charge in [0, 0.05) is 11.3 Å². The molecule has 0 spiro atoms. The molecule has 0 atom stereocenters. The molecule has 0 aliphatic carbocycles. The number of ether oxygens (including phenoxy) is 1. The molecule has 3 nitrogen and oxygen atoms in total. The summed E-state index contributed by atoms with van der Waals surface area (Å²) in [5, 5.41) is 0.553. The summed E-state index contributed by atoms with van der Waals surface area (Å²) in [6.07, 6.45) is 0.563. The van der Waals surface area contributed by atoms with Crippen LogP contribution < -0.4 is 5.73 Å². The van der Waals surface area contributed by atoms with Crippen LogP contribution in [0.3, 0.4) is 0 Å². The predicted octanol–water partition coefficient (Wildman–Crippen LogP) is 2.07. The lowest BCUT2D eigenvalue weighted by molar-refractivity contribution is -0.138. The second-order valence-corrected chi connectivity index (χ2v) is 4.53. The zero-order chi connectivity index (χ0) is 11.5. The molecule has 0 amide bonds. The first kappa shape index (κ1) is 11.1. The van der Waals surface area contributed by atoms with Crippen molar-refractivity contribution in [2.45, 2.75) is 18.2 Å². The Hall–Kier alpha value is -1.42. The number of hydrogen-bond acceptors (Lipinski definition) is 4. The Balaban J connectivity index is 2.27. The third-order valence-electron chi connectivity index (χ3n) is 2.38. The minimum absolute atomic E-state index is 0.304. The normalized spacial score (nSPS) is 14.6. The van der Waals surface area contributed by atoms with E-state index in [0.717, 1.165) is 10.5 Å². The number of esters is 1. The maximum atomic E-state index is 11.6. The largest absolute Gasteiger partial charge is 0.463 e. The van der Waals surface area contributed by atoms with Gasteiger partial charge in [-0.05, 0) is 18.6 Å². The highest BCUT2D eigenvalue weighted by atomic mass is 32.2. The van der Waals surface area contributed by atoms with Crippen LogP contribution in [0.1, 0.15) is 12.5 Å². The Morgan fingerprint density at radius 2 is 2.25 bits per heavy atom. The molecule has 0 saturated heterocycles. The molecule has 0 unspecified atom stereocenters. The topological polar surface area (TPSA) is 52.3 Å². The van der Waals surface area contributed by atoms with E-state index < -0.39 is 0 Å². The predicted molar refractivity (Wildman–Crippen MR) is 63.8 cm³/mol. The molecule has 0 radical (unpaired) electrons. The van der Waals surface area contributed by atoms with Crippen molar-refractivity contribution in [3.63, 3.8) is 0 Å². The van der Waals surface area contributed by atoms with Gasteiger partial charge < -0.3 is 10.5 Å². The molecule has 84 valence electrons. The Labute approximate surface area is 98.7 Å². The molecule has 0 saturated carbocycles. The van der Waals surface area contributed by atoms with Gasteiger partial charge in [0.2, 0.25) is 0 Å². The zero-order valence-corrected chi connectivity index (χ0v) is 9.84. The van der Waals surface area contributed by atoms with E-state index in [1.54, 1.807) is 6.92 Å². The second kappa shape index (κ2) is 4.61. The minimum atomic E-state index is -0.304. The van der Waals surface area contributed by atoms with Crippen molar-refractivity contribution in [2.24, 2.45) is 5.73 Å². The first-order valence-corrected chi connectivity index (χ1v) is 5.95. The Bertz CT molecular complexity index is 454. The highest BCUT2D eigenvalue weighted by Gasteiger charge is 2.22. The van der Waals surface area contributed by atoms with Crippen LogP contribution in [0.25, 0.3) is 0 Å². The first-order valence-electron chi connectivity index (χ1n) is 5.14. The quantitative estimate of drug-likeness (QED) is 0.797.